The summed E-state index contributed by atoms with van der Waals surface area (Å²) < 4.78 is 61.9. The molecule has 10 heteroatoms. The number of rotatable bonds is 4. The second-order valence-corrected chi connectivity index (χ2v) is 7.85. The molecule has 1 unspecified atom stereocenters. The zero-order valence-corrected chi connectivity index (χ0v) is 13.7. The molecule has 0 N–H and O–H groups in total. The van der Waals surface area contributed by atoms with E-state index in [4.69, 9.17) is 0 Å². The van der Waals surface area contributed by atoms with Crippen molar-refractivity contribution in [1.29, 1.82) is 0 Å². The van der Waals surface area contributed by atoms with Crippen LogP contribution in [0.25, 0.3) is 0 Å². The van der Waals surface area contributed by atoms with Crippen LogP contribution in [-0.4, -0.2) is 47.9 Å². The van der Waals surface area contributed by atoms with Crippen LogP contribution in [0.15, 0.2) is 23.1 Å². The van der Waals surface area contributed by atoms with Crippen molar-refractivity contribution in [1.82, 2.24) is 9.47 Å². The van der Waals surface area contributed by atoms with E-state index in [0.717, 1.165) is 6.07 Å². The van der Waals surface area contributed by atoms with E-state index in [1.54, 1.807) is 6.92 Å². The fourth-order valence-corrected chi connectivity index (χ4v) is 4.45. The molecule has 2 heterocycles. The fraction of sp³-hybridized carbons (Fsp3) is 0.571. The number of likely N-dealkylation sites (N-methyl/N-ethyl adjacent to an activating group) is 1. The van der Waals surface area contributed by atoms with Gasteiger partial charge >= 0.3 is 6.18 Å². The van der Waals surface area contributed by atoms with Crippen molar-refractivity contribution in [2.24, 2.45) is 0 Å². The van der Waals surface area contributed by atoms with Crippen molar-refractivity contribution in [3.63, 3.8) is 0 Å². The minimum absolute atomic E-state index is 0.0229. The van der Waals surface area contributed by atoms with Crippen molar-refractivity contribution in [3.05, 3.63) is 34.2 Å². The van der Waals surface area contributed by atoms with E-state index in [0.29, 0.717) is 23.3 Å². The number of carbonyl (C=O) groups excluding carboxylic acids is 1. The van der Waals surface area contributed by atoms with Crippen LogP contribution in [0.4, 0.5) is 13.2 Å². The molecule has 1 fully saturated rings. The maximum Gasteiger partial charge on any atom is 0.417 e. The number of aromatic nitrogens is 1. The SMILES string of the molecule is CCN(C(=O)Cn1cc(C(F)(F)F)ccc1=O)C1CCS(=O)(=O)C1. The van der Waals surface area contributed by atoms with Crippen molar-refractivity contribution >= 4 is 15.7 Å². The Morgan fingerprint density at radius 2 is 2.04 bits per heavy atom. The molecule has 0 spiro atoms. The van der Waals surface area contributed by atoms with Crippen LogP contribution in [0.2, 0.25) is 0 Å². The third kappa shape index (κ3) is 4.16. The van der Waals surface area contributed by atoms with Gasteiger partial charge in [0.05, 0.1) is 17.1 Å². The van der Waals surface area contributed by atoms with Crippen LogP contribution in [0, 0.1) is 0 Å². The van der Waals surface area contributed by atoms with E-state index in [2.05, 4.69) is 0 Å². The number of hydrogen-bond donors (Lipinski definition) is 0. The largest absolute Gasteiger partial charge is 0.417 e. The van der Waals surface area contributed by atoms with Gasteiger partial charge in [-0.05, 0) is 19.4 Å². The van der Waals surface area contributed by atoms with Gasteiger partial charge in [0.1, 0.15) is 6.54 Å². The average Bonchev–Trinajstić information content (AvgIpc) is 2.81. The highest BCUT2D eigenvalue weighted by molar-refractivity contribution is 7.91. The highest BCUT2D eigenvalue weighted by Crippen LogP contribution is 2.28. The Morgan fingerprint density at radius 3 is 2.54 bits per heavy atom. The van der Waals surface area contributed by atoms with Crippen LogP contribution in [0.1, 0.15) is 18.9 Å². The molecule has 0 saturated carbocycles. The molecule has 1 aromatic rings. The van der Waals surface area contributed by atoms with Gasteiger partial charge in [-0.15, -0.1) is 0 Å². The standard InChI is InChI=1S/C14H17F3N2O4S/c1-2-19(11-5-6-24(22,23)9-11)13(21)8-18-7-10(14(15,16)17)3-4-12(18)20/h3-4,7,11H,2,5-6,8-9H2,1H3. The number of alkyl halides is 3. The quantitative estimate of drug-likeness (QED) is 0.794. The van der Waals surface area contributed by atoms with E-state index >= 15 is 0 Å². The molecular weight excluding hydrogens is 349 g/mol. The summed E-state index contributed by atoms with van der Waals surface area (Å²) in [4.78, 5) is 25.3. The molecule has 2 rings (SSSR count). The van der Waals surface area contributed by atoms with Crippen molar-refractivity contribution in [2.45, 2.75) is 32.1 Å². The molecule has 1 aliphatic heterocycles. The Bertz CT molecular complexity index is 786. The van der Waals surface area contributed by atoms with E-state index < -0.39 is 45.6 Å². The third-order valence-corrected chi connectivity index (χ3v) is 5.68. The summed E-state index contributed by atoms with van der Waals surface area (Å²) in [5.74, 6) is -0.768. The molecule has 134 valence electrons. The molecule has 0 aliphatic carbocycles. The third-order valence-electron chi connectivity index (χ3n) is 3.93. The zero-order chi connectivity index (χ0) is 18.1. The van der Waals surface area contributed by atoms with Gasteiger partial charge in [-0.2, -0.15) is 13.2 Å². The minimum Gasteiger partial charge on any atom is -0.337 e. The molecule has 1 amide bonds. The van der Waals surface area contributed by atoms with Gasteiger partial charge < -0.3 is 9.47 Å². The summed E-state index contributed by atoms with van der Waals surface area (Å²) in [5, 5.41) is 0. The second kappa shape index (κ2) is 6.58. The molecule has 0 aromatic carbocycles. The lowest BCUT2D eigenvalue weighted by molar-refractivity contribution is -0.139. The van der Waals surface area contributed by atoms with Crippen LogP contribution in [0.3, 0.4) is 0 Å². The smallest absolute Gasteiger partial charge is 0.337 e. The summed E-state index contributed by atoms with van der Waals surface area (Å²) in [6.45, 7) is 1.30. The van der Waals surface area contributed by atoms with E-state index in [1.165, 1.54) is 4.90 Å². The van der Waals surface area contributed by atoms with Gasteiger partial charge in [-0.1, -0.05) is 0 Å². The molecule has 1 saturated heterocycles. The number of sulfone groups is 1. The maximum atomic E-state index is 12.7. The summed E-state index contributed by atoms with van der Waals surface area (Å²) >= 11 is 0. The van der Waals surface area contributed by atoms with Crippen LogP contribution in [-0.2, 0) is 27.4 Å². The second-order valence-electron chi connectivity index (χ2n) is 5.62. The van der Waals surface area contributed by atoms with Gasteiger partial charge in [-0.25, -0.2) is 8.42 Å². The number of pyridine rings is 1. The van der Waals surface area contributed by atoms with E-state index in [-0.39, 0.29) is 18.1 Å². The molecular formula is C14H17F3N2O4S. The molecule has 0 radical (unpaired) electrons. The molecule has 1 atom stereocenters. The Kier molecular flexibility index (Phi) is 5.07. The predicted octanol–water partition coefficient (Wildman–Crippen LogP) is 0.903. The number of halogens is 3. The van der Waals surface area contributed by atoms with Crippen molar-refractivity contribution in [3.8, 4) is 0 Å². The normalized spacial score (nSPS) is 20.1. The average molecular weight is 366 g/mol. The van der Waals surface area contributed by atoms with Crippen molar-refractivity contribution in [2.75, 3.05) is 18.1 Å². The highest BCUT2D eigenvalue weighted by atomic mass is 32.2. The first-order chi connectivity index (χ1) is 11.0. The van der Waals surface area contributed by atoms with E-state index in [9.17, 15) is 31.2 Å². The zero-order valence-electron chi connectivity index (χ0n) is 12.9. The first-order valence-electron chi connectivity index (χ1n) is 7.31. The lowest BCUT2D eigenvalue weighted by Crippen LogP contribution is -2.43. The minimum atomic E-state index is -4.62. The summed E-state index contributed by atoms with van der Waals surface area (Å²) in [5.41, 5.74) is -1.76. The van der Waals surface area contributed by atoms with E-state index in [1.807, 2.05) is 0 Å². The number of nitrogens with zero attached hydrogens (tertiary/aromatic N) is 2. The molecule has 0 bridgehead atoms. The van der Waals surface area contributed by atoms with Crippen molar-refractivity contribution < 1.29 is 26.4 Å². The van der Waals surface area contributed by atoms with Gasteiger partial charge in [0.15, 0.2) is 9.84 Å². The van der Waals surface area contributed by atoms with Crippen LogP contribution >= 0.6 is 0 Å². The van der Waals surface area contributed by atoms with Gasteiger partial charge in [0.25, 0.3) is 5.56 Å². The van der Waals surface area contributed by atoms with Crippen LogP contribution < -0.4 is 5.56 Å². The number of amides is 1. The lowest BCUT2D eigenvalue weighted by atomic mass is 10.2. The predicted molar refractivity (Wildman–Crippen MR) is 80.1 cm³/mol. The Hall–Kier alpha value is -1.84. The maximum absolute atomic E-state index is 12.7. The number of carbonyl (C=O) groups is 1. The molecule has 1 aliphatic rings. The summed E-state index contributed by atoms with van der Waals surface area (Å²) in [6.07, 6.45) is -3.73. The summed E-state index contributed by atoms with van der Waals surface area (Å²) in [6, 6.07) is 0.908. The summed E-state index contributed by atoms with van der Waals surface area (Å²) in [7, 11) is -3.20. The van der Waals surface area contributed by atoms with Crippen LogP contribution in [0.5, 0.6) is 0 Å². The monoisotopic (exact) mass is 366 g/mol. The molecule has 6 nitrogen and oxygen atoms in total. The number of hydrogen-bond acceptors (Lipinski definition) is 4. The Labute approximate surface area is 136 Å². The van der Waals surface area contributed by atoms with Gasteiger partial charge in [-0.3, -0.25) is 9.59 Å². The highest BCUT2D eigenvalue weighted by Gasteiger charge is 2.34. The molecule has 24 heavy (non-hydrogen) atoms. The van der Waals surface area contributed by atoms with Gasteiger partial charge in [0, 0.05) is 24.8 Å². The Balaban J connectivity index is 2.20. The fourth-order valence-electron chi connectivity index (χ4n) is 2.72. The van der Waals surface area contributed by atoms with Gasteiger partial charge in [0.2, 0.25) is 5.91 Å². The first kappa shape index (κ1) is 18.5. The molecule has 1 aromatic heterocycles. The topological polar surface area (TPSA) is 76.5 Å². The Morgan fingerprint density at radius 1 is 1.38 bits per heavy atom. The first-order valence-corrected chi connectivity index (χ1v) is 9.13. The lowest BCUT2D eigenvalue weighted by Gasteiger charge is -2.27.